The Morgan fingerprint density at radius 2 is 1.12 bits per heavy atom. The highest BCUT2D eigenvalue weighted by atomic mass is 31.2. The SMILES string of the molecule is C/C=C/C=C/C(=O)C(C(=O)OC(C)(C)C)=P(c1ccccc1)(c1ccccc1)c1ccccc1. The van der Waals surface area contributed by atoms with E-state index in [4.69, 9.17) is 4.74 Å². The molecule has 0 aliphatic heterocycles. The molecule has 0 N–H and O–H groups in total. The number of carbonyl (C=O) groups is 2. The smallest absolute Gasteiger partial charge is 0.343 e. The van der Waals surface area contributed by atoms with E-state index in [0.29, 0.717) is 0 Å². The molecule has 0 radical (unpaired) electrons. The quantitative estimate of drug-likeness (QED) is 0.157. The molecule has 0 bridgehead atoms. The highest BCUT2D eigenvalue weighted by Crippen LogP contribution is 2.47. The first-order chi connectivity index (χ1) is 16.3. The molecule has 3 aromatic carbocycles. The van der Waals surface area contributed by atoms with Crippen LogP contribution in [0.5, 0.6) is 0 Å². The minimum atomic E-state index is -2.89. The van der Waals surface area contributed by atoms with E-state index in [9.17, 15) is 9.59 Å². The van der Waals surface area contributed by atoms with Gasteiger partial charge in [-0.05, 0) is 56.6 Å². The predicted octanol–water partition coefficient (Wildman–Crippen LogP) is 5.20. The minimum Gasteiger partial charge on any atom is -0.456 e. The molecular weight excluding hydrogens is 439 g/mol. The molecule has 0 saturated carbocycles. The van der Waals surface area contributed by atoms with Crippen LogP contribution in [0.2, 0.25) is 0 Å². The first-order valence-corrected chi connectivity index (χ1v) is 13.1. The summed E-state index contributed by atoms with van der Waals surface area (Å²) < 4.78 is 5.88. The van der Waals surface area contributed by atoms with Crippen molar-refractivity contribution in [2.45, 2.75) is 33.3 Å². The summed E-state index contributed by atoms with van der Waals surface area (Å²) in [4.78, 5) is 27.8. The van der Waals surface area contributed by atoms with Crippen LogP contribution >= 0.6 is 6.89 Å². The molecule has 3 aromatic rings. The Bertz CT molecular complexity index is 1130. The Labute approximate surface area is 202 Å². The normalized spacial score (nSPS) is 12.1. The van der Waals surface area contributed by atoms with Gasteiger partial charge in [-0.15, -0.1) is 0 Å². The van der Waals surface area contributed by atoms with Gasteiger partial charge >= 0.3 is 5.97 Å². The van der Waals surface area contributed by atoms with Gasteiger partial charge in [-0.2, -0.15) is 0 Å². The Morgan fingerprint density at radius 3 is 1.47 bits per heavy atom. The highest BCUT2D eigenvalue weighted by molar-refractivity contribution is 7.97. The molecular formula is C30H31O3P. The van der Waals surface area contributed by atoms with Gasteiger partial charge in [-0.3, -0.25) is 4.79 Å². The molecule has 3 nitrogen and oxygen atoms in total. The van der Waals surface area contributed by atoms with Crippen molar-refractivity contribution in [1.29, 1.82) is 0 Å². The number of rotatable bonds is 7. The zero-order valence-corrected chi connectivity index (χ0v) is 21.0. The minimum absolute atomic E-state index is 0.159. The van der Waals surface area contributed by atoms with E-state index < -0.39 is 18.5 Å². The van der Waals surface area contributed by atoms with Crippen LogP contribution in [0.15, 0.2) is 115 Å². The molecule has 3 rings (SSSR count). The Balaban J connectivity index is 2.59. The van der Waals surface area contributed by atoms with E-state index >= 15 is 0 Å². The van der Waals surface area contributed by atoms with Crippen molar-refractivity contribution in [3.8, 4) is 0 Å². The number of ketones is 1. The summed E-state index contributed by atoms with van der Waals surface area (Å²) >= 11 is 0. The topological polar surface area (TPSA) is 43.4 Å². The fourth-order valence-electron chi connectivity index (χ4n) is 3.85. The second-order valence-corrected chi connectivity index (χ2v) is 12.1. The average molecular weight is 471 g/mol. The largest absolute Gasteiger partial charge is 0.456 e. The fourth-order valence-corrected chi connectivity index (χ4v) is 8.10. The van der Waals surface area contributed by atoms with E-state index in [1.165, 1.54) is 6.08 Å². The average Bonchev–Trinajstić information content (AvgIpc) is 2.83. The molecule has 34 heavy (non-hydrogen) atoms. The monoisotopic (exact) mass is 470 g/mol. The number of ether oxygens (including phenoxy) is 1. The summed E-state index contributed by atoms with van der Waals surface area (Å²) in [7, 11) is 0. The number of carbonyl (C=O) groups excluding carboxylic acids is 2. The van der Waals surface area contributed by atoms with Crippen molar-refractivity contribution in [3.63, 3.8) is 0 Å². The number of hydrogen-bond donors (Lipinski definition) is 0. The van der Waals surface area contributed by atoms with Crippen LogP contribution in [0.25, 0.3) is 0 Å². The molecule has 4 heteroatoms. The van der Waals surface area contributed by atoms with Crippen molar-refractivity contribution in [3.05, 3.63) is 115 Å². The van der Waals surface area contributed by atoms with Crippen LogP contribution in [0.3, 0.4) is 0 Å². The van der Waals surface area contributed by atoms with Gasteiger partial charge in [0.15, 0.2) is 5.78 Å². The van der Waals surface area contributed by atoms with Gasteiger partial charge in [-0.25, -0.2) is 4.79 Å². The molecule has 0 aliphatic carbocycles. The number of esters is 1. The first-order valence-electron chi connectivity index (χ1n) is 11.3. The van der Waals surface area contributed by atoms with Crippen LogP contribution in [-0.4, -0.2) is 22.6 Å². The molecule has 0 atom stereocenters. The zero-order chi connectivity index (χ0) is 24.6. The third kappa shape index (κ3) is 5.55. The lowest BCUT2D eigenvalue weighted by atomic mass is 10.2. The van der Waals surface area contributed by atoms with Gasteiger partial charge in [0.05, 0.1) is 0 Å². The van der Waals surface area contributed by atoms with Crippen molar-refractivity contribution in [1.82, 2.24) is 0 Å². The maximum Gasteiger partial charge on any atom is 0.343 e. The summed E-state index contributed by atoms with van der Waals surface area (Å²) in [6.07, 6.45) is 6.74. The Morgan fingerprint density at radius 1 is 0.706 bits per heavy atom. The molecule has 0 aliphatic rings. The lowest BCUT2D eigenvalue weighted by molar-refractivity contribution is -0.146. The number of benzene rings is 3. The van der Waals surface area contributed by atoms with Crippen molar-refractivity contribution >= 4 is 39.8 Å². The van der Waals surface area contributed by atoms with Gasteiger partial charge in [0.2, 0.25) is 0 Å². The van der Waals surface area contributed by atoms with Gasteiger partial charge in [0.1, 0.15) is 10.9 Å². The maximum absolute atomic E-state index is 13.9. The van der Waals surface area contributed by atoms with Crippen LogP contribution in [0.4, 0.5) is 0 Å². The Kier molecular flexibility index (Phi) is 8.26. The lowest BCUT2D eigenvalue weighted by Gasteiger charge is -2.32. The zero-order valence-electron chi connectivity index (χ0n) is 20.1. The second kappa shape index (κ2) is 11.1. The van der Waals surface area contributed by atoms with Crippen molar-refractivity contribution < 1.29 is 14.3 Å². The third-order valence-corrected chi connectivity index (χ3v) is 9.43. The molecule has 174 valence electrons. The van der Waals surface area contributed by atoms with Crippen molar-refractivity contribution in [2.75, 3.05) is 0 Å². The van der Waals surface area contributed by atoms with Gasteiger partial charge in [0, 0.05) is 0 Å². The lowest BCUT2D eigenvalue weighted by Crippen LogP contribution is -2.40. The van der Waals surface area contributed by atoms with E-state index in [0.717, 1.165) is 15.9 Å². The summed E-state index contributed by atoms with van der Waals surface area (Å²) in [6, 6.07) is 29.5. The van der Waals surface area contributed by atoms with Gasteiger partial charge in [-0.1, -0.05) is 109 Å². The summed E-state index contributed by atoms with van der Waals surface area (Å²) in [5.41, 5.74) is -0.755. The fraction of sp³-hybridized carbons (Fsp3) is 0.167. The molecule has 0 fully saturated rings. The standard InChI is InChI=1S/C30H31O3P/c1-5-6-10-23-27(31)28(29(32)33-30(2,3)4)34(24-17-11-7-12-18-24,25-19-13-8-14-20-25)26-21-15-9-16-22-26/h5-23H,1-4H3/b6-5+,23-10+. The molecule has 0 unspecified atom stereocenters. The summed E-state index contributed by atoms with van der Waals surface area (Å²) in [5, 5.41) is 2.91. The van der Waals surface area contributed by atoms with Crippen LogP contribution in [0.1, 0.15) is 27.7 Å². The van der Waals surface area contributed by atoms with E-state index in [1.54, 1.807) is 12.2 Å². The van der Waals surface area contributed by atoms with Crippen LogP contribution < -0.4 is 15.9 Å². The number of allylic oxidation sites excluding steroid dienone is 4. The predicted molar refractivity (Wildman–Crippen MR) is 145 cm³/mol. The molecule has 0 aromatic heterocycles. The third-order valence-electron chi connectivity index (χ3n) is 5.14. The highest BCUT2D eigenvalue weighted by Gasteiger charge is 2.38. The molecule has 0 heterocycles. The summed E-state index contributed by atoms with van der Waals surface area (Å²) in [6.45, 7) is 4.43. The molecule has 0 amide bonds. The first kappa shape index (κ1) is 25.2. The van der Waals surface area contributed by atoms with Crippen LogP contribution in [0, 0.1) is 0 Å². The molecule has 0 saturated heterocycles. The molecule has 0 spiro atoms. The van der Waals surface area contributed by atoms with E-state index in [2.05, 4.69) is 0 Å². The second-order valence-electron chi connectivity index (χ2n) is 8.78. The van der Waals surface area contributed by atoms with E-state index in [-0.39, 0.29) is 11.1 Å². The number of hydrogen-bond acceptors (Lipinski definition) is 3. The van der Waals surface area contributed by atoms with Gasteiger partial charge in [0.25, 0.3) is 0 Å². The summed E-state index contributed by atoms with van der Waals surface area (Å²) in [5.74, 6) is -0.940. The van der Waals surface area contributed by atoms with Gasteiger partial charge < -0.3 is 4.74 Å². The Hall–Kier alpha value is -3.42. The van der Waals surface area contributed by atoms with E-state index in [1.807, 2.05) is 125 Å². The van der Waals surface area contributed by atoms with Crippen molar-refractivity contribution in [2.24, 2.45) is 0 Å². The maximum atomic E-state index is 13.9. The van der Waals surface area contributed by atoms with Crippen LogP contribution in [-0.2, 0) is 14.3 Å².